The predicted octanol–water partition coefficient (Wildman–Crippen LogP) is 2.87. The van der Waals surface area contributed by atoms with Gasteiger partial charge in [0.15, 0.2) is 6.10 Å². The molecule has 6 nitrogen and oxygen atoms in total. The van der Waals surface area contributed by atoms with Crippen molar-refractivity contribution in [2.45, 2.75) is 25.5 Å². The van der Waals surface area contributed by atoms with E-state index in [0.29, 0.717) is 6.54 Å². The smallest absolute Gasteiger partial charge is 0.414 e. The van der Waals surface area contributed by atoms with E-state index in [4.69, 9.17) is 9.47 Å². The van der Waals surface area contributed by atoms with E-state index in [-0.39, 0.29) is 36.8 Å². The number of benzene rings is 1. The Kier molecular flexibility index (Phi) is 6.55. The van der Waals surface area contributed by atoms with Crippen LogP contribution in [0.1, 0.15) is 24.9 Å². The Morgan fingerprint density at radius 2 is 2.08 bits per heavy atom. The van der Waals surface area contributed by atoms with Gasteiger partial charge in [0, 0.05) is 12.5 Å². The second kappa shape index (κ2) is 8.46. The summed E-state index contributed by atoms with van der Waals surface area (Å²) < 4.78 is 38.8. The van der Waals surface area contributed by atoms with E-state index in [0.717, 1.165) is 23.5 Å². The normalized spacial score (nSPS) is 22.0. The number of hydrogen-bond donors (Lipinski definition) is 1. The average Bonchev–Trinajstić information content (AvgIpc) is 2.94. The molecular formula is C17H19ClF2N2O4. The van der Waals surface area contributed by atoms with E-state index < -0.39 is 35.8 Å². The third-order valence-corrected chi connectivity index (χ3v) is 4.04. The van der Waals surface area contributed by atoms with Crippen LogP contribution in [-0.4, -0.2) is 37.9 Å². The SMILES string of the molecule is CC(=O)OC[C@H]1CN(c2cc(F)c(C3C=CCCN3)c(F)c2)C(=O)O1.Cl. The standard InChI is InChI=1S/C17H18F2N2O4.ClH/c1-10(22)24-9-12-8-21(17(23)25-12)11-6-13(18)16(14(19)7-11)15-4-2-3-5-20-15;/h2,4,6-7,12,15,20H,3,5,8-9H2,1H3;1H/t12-,15?;/m1./s1. The summed E-state index contributed by atoms with van der Waals surface area (Å²) in [5, 5.41) is 3.03. The van der Waals surface area contributed by atoms with Gasteiger partial charge < -0.3 is 14.8 Å². The van der Waals surface area contributed by atoms with Crippen molar-refractivity contribution in [1.82, 2.24) is 5.32 Å². The number of halogens is 3. The molecule has 1 saturated heterocycles. The number of cyclic esters (lactones) is 1. The highest BCUT2D eigenvalue weighted by molar-refractivity contribution is 5.89. The minimum absolute atomic E-state index is 0. The number of carbonyl (C=O) groups is 2. The lowest BCUT2D eigenvalue weighted by atomic mass is 10.0. The molecule has 1 amide bonds. The molecule has 0 saturated carbocycles. The second-order valence-corrected chi connectivity index (χ2v) is 5.89. The zero-order chi connectivity index (χ0) is 18.0. The molecule has 0 spiro atoms. The van der Waals surface area contributed by atoms with E-state index in [1.54, 1.807) is 6.08 Å². The maximum Gasteiger partial charge on any atom is 0.414 e. The maximum absolute atomic E-state index is 14.5. The molecule has 3 rings (SSSR count). The summed E-state index contributed by atoms with van der Waals surface area (Å²) in [5.74, 6) is -1.98. The molecule has 0 aromatic heterocycles. The minimum Gasteiger partial charge on any atom is -0.462 e. The molecule has 1 fully saturated rings. The van der Waals surface area contributed by atoms with Gasteiger partial charge in [-0.2, -0.15) is 0 Å². The van der Waals surface area contributed by atoms with Crippen molar-refractivity contribution in [1.29, 1.82) is 0 Å². The fourth-order valence-corrected chi connectivity index (χ4v) is 2.87. The molecule has 0 radical (unpaired) electrons. The topological polar surface area (TPSA) is 67.9 Å². The maximum atomic E-state index is 14.5. The lowest BCUT2D eigenvalue weighted by Crippen LogP contribution is -2.28. The third-order valence-electron chi connectivity index (χ3n) is 4.04. The van der Waals surface area contributed by atoms with E-state index in [1.165, 1.54) is 6.92 Å². The second-order valence-electron chi connectivity index (χ2n) is 5.89. The number of amides is 1. The van der Waals surface area contributed by atoms with E-state index >= 15 is 0 Å². The fourth-order valence-electron chi connectivity index (χ4n) is 2.87. The molecule has 0 aliphatic carbocycles. The van der Waals surface area contributed by atoms with Gasteiger partial charge in [-0.3, -0.25) is 9.69 Å². The Hall–Kier alpha value is -2.19. The lowest BCUT2D eigenvalue weighted by molar-refractivity contribution is -0.143. The Morgan fingerprint density at radius 1 is 1.38 bits per heavy atom. The van der Waals surface area contributed by atoms with Gasteiger partial charge in [-0.15, -0.1) is 12.4 Å². The van der Waals surface area contributed by atoms with Crippen molar-refractivity contribution in [2.75, 3.05) is 24.6 Å². The van der Waals surface area contributed by atoms with Crippen LogP contribution in [0, 0.1) is 11.6 Å². The number of hydrogen-bond acceptors (Lipinski definition) is 5. The number of ether oxygens (including phenoxy) is 2. The van der Waals surface area contributed by atoms with Crippen LogP contribution in [-0.2, 0) is 14.3 Å². The predicted molar refractivity (Wildman–Crippen MR) is 92.4 cm³/mol. The molecule has 1 unspecified atom stereocenters. The third kappa shape index (κ3) is 4.31. The highest BCUT2D eigenvalue weighted by Crippen LogP contribution is 2.30. The first-order chi connectivity index (χ1) is 12.0. The van der Waals surface area contributed by atoms with Gasteiger partial charge >= 0.3 is 12.1 Å². The van der Waals surface area contributed by atoms with Crippen LogP contribution in [0.3, 0.4) is 0 Å². The van der Waals surface area contributed by atoms with Gasteiger partial charge in [-0.25, -0.2) is 13.6 Å². The van der Waals surface area contributed by atoms with Crippen molar-refractivity contribution < 1.29 is 27.8 Å². The molecule has 142 valence electrons. The summed E-state index contributed by atoms with van der Waals surface area (Å²) in [6.07, 6.45) is 2.97. The van der Waals surface area contributed by atoms with Crippen LogP contribution >= 0.6 is 12.4 Å². The first kappa shape index (κ1) is 20.1. The number of carbonyl (C=O) groups excluding carboxylic acids is 2. The largest absolute Gasteiger partial charge is 0.462 e. The molecule has 0 bridgehead atoms. The number of nitrogens with one attached hydrogen (secondary N) is 1. The average molecular weight is 389 g/mol. The van der Waals surface area contributed by atoms with Gasteiger partial charge in [0.2, 0.25) is 0 Å². The van der Waals surface area contributed by atoms with Crippen molar-refractivity contribution in [2.24, 2.45) is 0 Å². The Labute approximate surface area is 155 Å². The zero-order valence-corrected chi connectivity index (χ0v) is 14.9. The van der Waals surface area contributed by atoms with Crippen molar-refractivity contribution in [3.63, 3.8) is 0 Å². The van der Waals surface area contributed by atoms with Crippen LogP contribution in [0.2, 0.25) is 0 Å². The summed E-state index contributed by atoms with van der Waals surface area (Å²) in [5.41, 5.74) is -0.0161. The Bertz CT molecular complexity index is 706. The molecular weight excluding hydrogens is 370 g/mol. The van der Waals surface area contributed by atoms with Gasteiger partial charge in [0.1, 0.15) is 18.2 Å². The van der Waals surface area contributed by atoms with Crippen molar-refractivity contribution in [3.8, 4) is 0 Å². The van der Waals surface area contributed by atoms with E-state index in [1.807, 2.05) is 6.08 Å². The van der Waals surface area contributed by atoms with Crippen molar-refractivity contribution >= 4 is 30.2 Å². The van der Waals surface area contributed by atoms with Gasteiger partial charge in [0.25, 0.3) is 0 Å². The first-order valence-corrected chi connectivity index (χ1v) is 7.96. The van der Waals surface area contributed by atoms with Gasteiger partial charge in [-0.1, -0.05) is 12.2 Å². The summed E-state index contributed by atoms with van der Waals surface area (Å²) in [6, 6.07) is 1.68. The summed E-state index contributed by atoms with van der Waals surface area (Å²) >= 11 is 0. The summed E-state index contributed by atoms with van der Waals surface area (Å²) in [6.45, 7) is 1.83. The molecule has 2 aliphatic rings. The molecule has 2 atom stereocenters. The molecule has 26 heavy (non-hydrogen) atoms. The molecule has 1 N–H and O–H groups in total. The monoisotopic (exact) mass is 388 g/mol. The van der Waals surface area contributed by atoms with E-state index in [2.05, 4.69) is 5.32 Å². The summed E-state index contributed by atoms with van der Waals surface area (Å²) in [7, 11) is 0. The summed E-state index contributed by atoms with van der Waals surface area (Å²) in [4.78, 5) is 23.9. The van der Waals surface area contributed by atoms with Crippen LogP contribution in [0.5, 0.6) is 0 Å². The Morgan fingerprint density at radius 3 is 2.65 bits per heavy atom. The Balaban J connectivity index is 0.00000243. The molecule has 9 heteroatoms. The fraction of sp³-hybridized carbons (Fsp3) is 0.412. The molecule has 1 aromatic rings. The minimum atomic E-state index is -0.740. The lowest BCUT2D eigenvalue weighted by Gasteiger charge is -2.21. The van der Waals surface area contributed by atoms with Crippen LogP contribution in [0.25, 0.3) is 0 Å². The van der Waals surface area contributed by atoms with Crippen LogP contribution in [0.4, 0.5) is 19.3 Å². The molecule has 2 aliphatic heterocycles. The number of anilines is 1. The molecule has 1 aromatic carbocycles. The van der Waals surface area contributed by atoms with Gasteiger partial charge in [-0.05, 0) is 25.1 Å². The zero-order valence-electron chi connectivity index (χ0n) is 14.0. The number of esters is 1. The highest BCUT2D eigenvalue weighted by atomic mass is 35.5. The first-order valence-electron chi connectivity index (χ1n) is 7.96. The van der Waals surface area contributed by atoms with E-state index in [9.17, 15) is 18.4 Å². The van der Waals surface area contributed by atoms with Crippen LogP contribution in [0.15, 0.2) is 24.3 Å². The van der Waals surface area contributed by atoms with Gasteiger partial charge in [0.05, 0.1) is 18.3 Å². The quantitative estimate of drug-likeness (QED) is 0.634. The van der Waals surface area contributed by atoms with Crippen molar-refractivity contribution in [3.05, 3.63) is 41.5 Å². The number of nitrogens with zero attached hydrogens (tertiary/aromatic N) is 1. The van der Waals surface area contributed by atoms with Crippen LogP contribution < -0.4 is 10.2 Å². The highest BCUT2D eigenvalue weighted by Gasteiger charge is 2.34. The number of rotatable bonds is 4. The molecule has 2 heterocycles.